The van der Waals surface area contributed by atoms with E-state index in [4.69, 9.17) is 23.2 Å². The lowest BCUT2D eigenvalue weighted by Crippen LogP contribution is -2.13. The van der Waals surface area contributed by atoms with E-state index in [1.54, 1.807) is 11.8 Å². The van der Waals surface area contributed by atoms with Crippen LogP contribution < -0.4 is 5.32 Å². The van der Waals surface area contributed by atoms with Crippen LogP contribution in [-0.2, 0) is 0 Å². The number of hydrogen-bond acceptors (Lipinski definition) is 3. The Morgan fingerprint density at radius 2 is 2.12 bits per heavy atom. The van der Waals surface area contributed by atoms with E-state index in [0.717, 1.165) is 35.1 Å². The van der Waals surface area contributed by atoms with E-state index in [1.165, 1.54) is 0 Å². The Kier molecular flexibility index (Phi) is 4.00. The minimum Gasteiger partial charge on any atom is -0.334 e. The molecule has 0 atom stereocenters. The standard InChI is InChI=1S/C11H12Cl2N2S/c1-7-5-9(13)10(6-8(7)12)15-11-14-3-2-4-16-11/h5-6H,2-4H2,1H3,(H,14,15). The summed E-state index contributed by atoms with van der Waals surface area (Å²) < 4.78 is 0. The first kappa shape index (κ1) is 12.1. The first-order valence-corrected chi connectivity index (χ1v) is 6.81. The molecule has 1 heterocycles. The van der Waals surface area contributed by atoms with E-state index in [0.29, 0.717) is 10.0 Å². The van der Waals surface area contributed by atoms with E-state index in [2.05, 4.69) is 10.3 Å². The first-order valence-electron chi connectivity index (χ1n) is 5.07. The third kappa shape index (κ3) is 2.84. The number of aliphatic imine (C=N–C) groups is 1. The second kappa shape index (κ2) is 5.30. The summed E-state index contributed by atoms with van der Waals surface area (Å²) >= 11 is 13.9. The number of amidine groups is 1. The Hall–Kier alpha value is -0.380. The minimum absolute atomic E-state index is 0.677. The topological polar surface area (TPSA) is 24.4 Å². The van der Waals surface area contributed by atoms with Crippen LogP contribution in [0, 0.1) is 6.92 Å². The molecule has 0 aromatic heterocycles. The van der Waals surface area contributed by atoms with Crippen molar-refractivity contribution in [3.63, 3.8) is 0 Å². The Morgan fingerprint density at radius 3 is 2.81 bits per heavy atom. The van der Waals surface area contributed by atoms with Crippen LogP contribution in [-0.4, -0.2) is 17.5 Å². The van der Waals surface area contributed by atoms with Gasteiger partial charge >= 0.3 is 0 Å². The molecule has 5 heteroatoms. The summed E-state index contributed by atoms with van der Waals surface area (Å²) in [5, 5.41) is 5.53. The Bertz CT molecular complexity index is 432. The lowest BCUT2D eigenvalue weighted by Gasteiger charge is -2.15. The smallest absolute Gasteiger partial charge is 0.161 e. The summed E-state index contributed by atoms with van der Waals surface area (Å²) in [4.78, 5) is 4.38. The van der Waals surface area contributed by atoms with Gasteiger partial charge in [-0.3, -0.25) is 4.99 Å². The van der Waals surface area contributed by atoms with Crippen molar-refractivity contribution in [2.75, 3.05) is 17.6 Å². The number of aryl methyl sites for hydroxylation is 1. The van der Waals surface area contributed by atoms with Gasteiger partial charge in [0.2, 0.25) is 0 Å². The van der Waals surface area contributed by atoms with Gasteiger partial charge in [0.25, 0.3) is 0 Å². The molecule has 16 heavy (non-hydrogen) atoms. The van der Waals surface area contributed by atoms with Crippen LogP contribution in [0.5, 0.6) is 0 Å². The zero-order chi connectivity index (χ0) is 11.5. The minimum atomic E-state index is 0.677. The maximum Gasteiger partial charge on any atom is 0.161 e. The Balaban J connectivity index is 2.20. The molecular weight excluding hydrogens is 263 g/mol. The zero-order valence-corrected chi connectivity index (χ0v) is 11.2. The molecule has 0 saturated carbocycles. The number of nitrogens with zero attached hydrogens (tertiary/aromatic N) is 1. The van der Waals surface area contributed by atoms with Crippen LogP contribution in [0.15, 0.2) is 17.1 Å². The lowest BCUT2D eigenvalue weighted by atomic mass is 10.2. The van der Waals surface area contributed by atoms with Crippen LogP contribution in [0.4, 0.5) is 5.69 Å². The average Bonchev–Trinajstić information content (AvgIpc) is 2.27. The fourth-order valence-electron chi connectivity index (χ4n) is 1.39. The van der Waals surface area contributed by atoms with Crippen molar-refractivity contribution in [3.8, 4) is 0 Å². The van der Waals surface area contributed by atoms with Crippen LogP contribution in [0.2, 0.25) is 10.0 Å². The van der Waals surface area contributed by atoms with E-state index >= 15 is 0 Å². The van der Waals surface area contributed by atoms with Gasteiger partial charge in [0.15, 0.2) is 5.17 Å². The Morgan fingerprint density at radius 1 is 1.31 bits per heavy atom. The largest absolute Gasteiger partial charge is 0.334 e. The molecule has 0 radical (unpaired) electrons. The van der Waals surface area contributed by atoms with Gasteiger partial charge in [-0.25, -0.2) is 0 Å². The number of anilines is 1. The number of halogens is 2. The summed E-state index contributed by atoms with van der Waals surface area (Å²) in [6.07, 6.45) is 1.14. The zero-order valence-electron chi connectivity index (χ0n) is 8.89. The SMILES string of the molecule is Cc1cc(Cl)c(NC2=NCCCS2)cc1Cl. The molecule has 86 valence electrons. The predicted molar refractivity (Wildman–Crippen MR) is 74.2 cm³/mol. The maximum absolute atomic E-state index is 6.14. The predicted octanol–water partition coefficient (Wildman–Crippen LogP) is 4.21. The van der Waals surface area contributed by atoms with Crippen molar-refractivity contribution in [1.29, 1.82) is 0 Å². The third-order valence-electron chi connectivity index (χ3n) is 2.29. The molecule has 2 nitrogen and oxygen atoms in total. The highest BCUT2D eigenvalue weighted by Gasteiger charge is 2.09. The monoisotopic (exact) mass is 274 g/mol. The van der Waals surface area contributed by atoms with Gasteiger partial charge in [-0.05, 0) is 31.0 Å². The van der Waals surface area contributed by atoms with Crippen LogP contribution in [0.3, 0.4) is 0 Å². The molecule has 0 saturated heterocycles. The molecule has 0 bridgehead atoms. The average molecular weight is 275 g/mol. The number of benzene rings is 1. The summed E-state index contributed by atoms with van der Waals surface area (Å²) in [5.74, 6) is 1.10. The fraction of sp³-hybridized carbons (Fsp3) is 0.364. The van der Waals surface area contributed by atoms with E-state index in [1.807, 2.05) is 19.1 Å². The highest BCUT2D eigenvalue weighted by Crippen LogP contribution is 2.30. The fourth-order valence-corrected chi connectivity index (χ4v) is 2.65. The number of thioether (sulfide) groups is 1. The molecule has 1 aliphatic heterocycles. The summed E-state index contributed by atoms with van der Waals surface area (Å²) in [6, 6.07) is 3.71. The molecule has 2 rings (SSSR count). The van der Waals surface area contributed by atoms with Crippen molar-refractivity contribution >= 4 is 45.8 Å². The summed E-state index contributed by atoms with van der Waals surface area (Å²) in [5.41, 5.74) is 1.81. The van der Waals surface area contributed by atoms with E-state index < -0.39 is 0 Å². The Labute approximate surface area is 109 Å². The maximum atomic E-state index is 6.14. The summed E-state index contributed by atoms with van der Waals surface area (Å²) in [6.45, 7) is 2.82. The quantitative estimate of drug-likeness (QED) is 0.830. The van der Waals surface area contributed by atoms with Gasteiger partial charge < -0.3 is 5.32 Å². The van der Waals surface area contributed by atoms with Crippen molar-refractivity contribution in [2.45, 2.75) is 13.3 Å². The van der Waals surface area contributed by atoms with Gasteiger partial charge in [-0.15, -0.1) is 0 Å². The van der Waals surface area contributed by atoms with Gasteiger partial charge in [-0.1, -0.05) is 35.0 Å². The van der Waals surface area contributed by atoms with Crippen LogP contribution in [0.1, 0.15) is 12.0 Å². The lowest BCUT2D eigenvalue weighted by molar-refractivity contribution is 0.938. The van der Waals surface area contributed by atoms with Crippen molar-refractivity contribution in [3.05, 3.63) is 27.7 Å². The van der Waals surface area contributed by atoms with Crippen LogP contribution in [0.25, 0.3) is 0 Å². The highest BCUT2D eigenvalue weighted by molar-refractivity contribution is 8.14. The van der Waals surface area contributed by atoms with Gasteiger partial charge in [0.1, 0.15) is 0 Å². The molecule has 0 amide bonds. The molecule has 1 aromatic rings. The number of hydrogen-bond donors (Lipinski definition) is 1. The second-order valence-corrected chi connectivity index (χ2v) is 5.49. The number of rotatable bonds is 1. The van der Waals surface area contributed by atoms with Gasteiger partial charge in [0, 0.05) is 17.3 Å². The molecule has 0 unspecified atom stereocenters. The van der Waals surface area contributed by atoms with Crippen molar-refractivity contribution in [2.24, 2.45) is 4.99 Å². The van der Waals surface area contributed by atoms with Gasteiger partial charge in [0.05, 0.1) is 10.7 Å². The van der Waals surface area contributed by atoms with Crippen molar-refractivity contribution in [1.82, 2.24) is 0 Å². The molecule has 0 fully saturated rings. The molecular formula is C11H12Cl2N2S. The molecule has 0 aliphatic carbocycles. The van der Waals surface area contributed by atoms with E-state index in [9.17, 15) is 0 Å². The second-order valence-electron chi connectivity index (χ2n) is 3.60. The summed E-state index contributed by atoms with van der Waals surface area (Å²) in [7, 11) is 0. The normalized spacial score (nSPS) is 15.8. The van der Waals surface area contributed by atoms with Crippen LogP contribution >= 0.6 is 35.0 Å². The molecule has 1 N–H and O–H groups in total. The third-order valence-corrected chi connectivity index (χ3v) is 4.00. The first-order chi connectivity index (χ1) is 7.66. The van der Waals surface area contributed by atoms with Crippen molar-refractivity contribution < 1.29 is 0 Å². The molecule has 1 aromatic carbocycles. The molecule has 1 aliphatic rings. The van der Waals surface area contributed by atoms with E-state index in [-0.39, 0.29) is 0 Å². The number of nitrogens with one attached hydrogen (secondary N) is 1. The van der Waals surface area contributed by atoms with Gasteiger partial charge in [-0.2, -0.15) is 0 Å². The molecule has 0 spiro atoms. The highest BCUT2D eigenvalue weighted by atomic mass is 35.5.